The minimum atomic E-state index is -3.74. The fourth-order valence-corrected chi connectivity index (χ4v) is 3.03. The van der Waals surface area contributed by atoms with Gasteiger partial charge in [-0.2, -0.15) is 0 Å². The van der Waals surface area contributed by atoms with Crippen LogP contribution < -0.4 is 4.72 Å². The molecule has 0 aliphatic rings. The lowest BCUT2D eigenvalue weighted by atomic mass is 9.87. The van der Waals surface area contributed by atoms with Gasteiger partial charge in [-0.1, -0.05) is 32.9 Å². The average molecular weight is 348 g/mol. The molecule has 1 heterocycles. The highest BCUT2D eigenvalue weighted by molar-refractivity contribution is 7.92. The van der Waals surface area contributed by atoms with Gasteiger partial charge in [-0.3, -0.25) is 4.72 Å². The summed E-state index contributed by atoms with van der Waals surface area (Å²) in [7, 11) is -2.48. The molecule has 7 heteroatoms. The SMILES string of the molecule is COC(=O)c1ccc(NS(=O)(=O)c2ccc(C(C)(C)C)cc2)nc1. The first-order valence-corrected chi connectivity index (χ1v) is 8.79. The number of sulfonamides is 1. The van der Waals surface area contributed by atoms with Gasteiger partial charge < -0.3 is 4.74 Å². The smallest absolute Gasteiger partial charge is 0.339 e. The van der Waals surface area contributed by atoms with Crippen molar-refractivity contribution < 1.29 is 17.9 Å². The second-order valence-electron chi connectivity index (χ2n) is 6.30. The van der Waals surface area contributed by atoms with Crippen LogP contribution >= 0.6 is 0 Å². The van der Waals surface area contributed by atoms with Crippen molar-refractivity contribution in [1.82, 2.24) is 4.98 Å². The van der Waals surface area contributed by atoms with E-state index >= 15 is 0 Å². The number of hydrogen-bond acceptors (Lipinski definition) is 5. The molecule has 128 valence electrons. The quantitative estimate of drug-likeness (QED) is 0.859. The summed E-state index contributed by atoms with van der Waals surface area (Å²) < 4.78 is 31.7. The highest BCUT2D eigenvalue weighted by Gasteiger charge is 2.18. The number of methoxy groups -OCH3 is 1. The van der Waals surface area contributed by atoms with E-state index < -0.39 is 16.0 Å². The molecule has 2 rings (SSSR count). The number of benzene rings is 1. The number of esters is 1. The number of carbonyl (C=O) groups excluding carboxylic acids is 1. The van der Waals surface area contributed by atoms with Crippen molar-refractivity contribution in [3.05, 3.63) is 53.7 Å². The van der Waals surface area contributed by atoms with Gasteiger partial charge in [0.25, 0.3) is 10.0 Å². The zero-order valence-electron chi connectivity index (χ0n) is 14.0. The summed E-state index contributed by atoms with van der Waals surface area (Å²) >= 11 is 0. The molecule has 24 heavy (non-hydrogen) atoms. The molecular formula is C17H20N2O4S. The van der Waals surface area contributed by atoms with Crippen LogP contribution in [0.15, 0.2) is 47.5 Å². The van der Waals surface area contributed by atoms with Crippen LogP contribution in [0.2, 0.25) is 0 Å². The van der Waals surface area contributed by atoms with Gasteiger partial charge in [0, 0.05) is 6.20 Å². The molecular weight excluding hydrogens is 328 g/mol. The Balaban J connectivity index is 2.20. The van der Waals surface area contributed by atoms with Crippen LogP contribution in [0.25, 0.3) is 0 Å². The molecule has 0 unspecified atom stereocenters. The van der Waals surface area contributed by atoms with Crippen molar-refractivity contribution in [3.63, 3.8) is 0 Å². The normalized spacial score (nSPS) is 11.8. The Hall–Kier alpha value is -2.41. The number of pyridine rings is 1. The maximum Gasteiger partial charge on any atom is 0.339 e. The molecule has 0 spiro atoms. The van der Waals surface area contributed by atoms with Crippen LogP contribution in [-0.4, -0.2) is 26.5 Å². The number of rotatable bonds is 4. The maximum atomic E-state index is 12.4. The molecule has 0 bridgehead atoms. The van der Waals surface area contributed by atoms with Gasteiger partial charge in [-0.15, -0.1) is 0 Å². The Kier molecular flexibility index (Phi) is 4.94. The van der Waals surface area contributed by atoms with Crippen LogP contribution in [0.5, 0.6) is 0 Å². The number of hydrogen-bond donors (Lipinski definition) is 1. The van der Waals surface area contributed by atoms with E-state index in [9.17, 15) is 13.2 Å². The molecule has 1 N–H and O–H groups in total. The third-order valence-electron chi connectivity index (χ3n) is 3.45. The summed E-state index contributed by atoms with van der Waals surface area (Å²) in [5.41, 5.74) is 1.23. The largest absolute Gasteiger partial charge is 0.465 e. The van der Waals surface area contributed by atoms with Crippen LogP contribution in [0.4, 0.5) is 5.82 Å². The van der Waals surface area contributed by atoms with Crippen molar-refractivity contribution in [2.75, 3.05) is 11.8 Å². The second kappa shape index (κ2) is 6.60. The number of carbonyl (C=O) groups is 1. The van der Waals surface area contributed by atoms with E-state index in [4.69, 9.17) is 0 Å². The number of ether oxygens (including phenoxy) is 1. The van der Waals surface area contributed by atoms with Crippen LogP contribution in [0.1, 0.15) is 36.7 Å². The molecule has 1 aromatic heterocycles. The summed E-state index contributed by atoms with van der Waals surface area (Å²) in [4.78, 5) is 15.4. The average Bonchev–Trinajstić information content (AvgIpc) is 2.54. The van der Waals surface area contributed by atoms with E-state index in [0.29, 0.717) is 0 Å². The fourth-order valence-electron chi connectivity index (χ4n) is 2.02. The molecule has 1 aromatic carbocycles. The fraction of sp³-hybridized carbons (Fsp3) is 0.294. The van der Waals surface area contributed by atoms with E-state index in [1.54, 1.807) is 24.3 Å². The molecule has 0 saturated carbocycles. The van der Waals surface area contributed by atoms with Gasteiger partial charge in [0.15, 0.2) is 0 Å². The maximum absolute atomic E-state index is 12.4. The molecule has 0 amide bonds. The summed E-state index contributed by atoms with van der Waals surface area (Å²) in [6.07, 6.45) is 1.26. The minimum Gasteiger partial charge on any atom is -0.465 e. The predicted molar refractivity (Wildman–Crippen MR) is 91.5 cm³/mol. The molecule has 0 saturated heterocycles. The zero-order valence-corrected chi connectivity index (χ0v) is 14.8. The standard InChI is InChI=1S/C17H20N2O4S/c1-17(2,3)13-6-8-14(9-7-13)24(21,22)19-15-10-5-12(11-18-15)16(20)23-4/h5-11H,1-4H3,(H,18,19). The van der Waals surface area contributed by atoms with E-state index in [2.05, 4.69) is 35.2 Å². The highest BCUT2D eigenvalue weighted by atomic mass is 32.2. The van der Waals surface area contributed by atoms with Gasteiger partial charge in [0.1, 0.15) is 5.82 Å². The van der Waals surface area contributed by atoms with Gasteiger partial charge in [-0.05, 0) is 35.2 Å². The lowest BCUT2D eigenvalue weighted by Gasteiger charge is -2.19. The van der Waals surface area contributed by atoms with Gasteiger partial charge in [0.2, 0.25) is 0 Å². The van der Waals surface area contributed by atoms with Gasteiger partial charge in [0.05, 0.1) is 17.6 Å². The van der Waals surface area contributed by atoms with E-state index in [-0.39, 0.29) is 21.7 Å². The van der Waals surface area contributed by atoms with Gasteiger partial charge in [-0.25, -0.2) is 18.2 Å². The first-order valence-electron chi connectivity index (χ1n) is 7.31. The van der Waals surface area contributed by atoms with Crippen molar-refractivity contribution in [3.8, 4) is 0 Å². The topological polar surface area (TPSA) is 85.4 Å². The second-order valence-corrected chi connectivity index (χ2v) is 7.99. The molecule has 0 radical (unpaired) electrons. The van der Waals surface area contributed by atoms with Crippen molar-refractivity contribution in [2.24, 2.45) is 0 Å². The van der Waals surface area contributed by atoms with Crippen LogP contribution in [0, 0.1) is 0 Å². The lowest BCUT2D eigenvalue weighted by molar-refractivity contribution is 0.0600. The third kappa shape index (κ3) is 4.11. The molecule has 6 nitrogen and oxygen atoms in total. The first kappa shape index (κ1) is 17.9. The Morgan fingerprint density at radius 1 is 1.08 bits per heavy atom. The van der Waals surface area contributed by atoms with E-state index in [1.807, 2.05) is 0 Å². The Bertz CT molecular complexity index is 820. The van der Waals surface area contributed by atoms with Crippen LogP contribution in [-0.2, 0) is 20.2 Å². The monoisotopic (exact) mass is 348 g/mol. The van der Waals surface area contributed by atoms with E-state index in [1.165, 1.54) is 25.4 Å². The van der Waals surface area contributed by atoms with E-state index in [0.717, 1.165) is 5.56 Å². The number of nitrogens with one attached hydrogen (secondary N) is 1. The summed E-state index contributed by atoms with van der Waals surface area (Å²) in [5.74, 6) is -0.405. The molecule has 0 atom stereocenters. The third-order valence-corrected chi connectivity index (χ3v) is 4.82. The summed E-state index contributed by atoms with van der Waals surface area (Å²) in [5, 5.41) is 0. The van der Waals surface area contributed by atoms with Crippen molar-refractivity contribution in [1.29, 1.82) is 0 Å². The highest BCUT2D eigenvalue weighted by Crippen LogP contribution is 2.24. The number of nitrogens with zero attached hydrogens (tertiary/aromatic N) is 1. The number of anilines is 1. The Morgan fingerprint density at radius 3 is 2.17 bits per heavy atom. The molecule has 0 aliphatic carbocycles. The lowest BCUT2D eigenvalue weighted by Crippen LogP contribution is -2.15. The molecule has 0 fully saturated rings. The first-order chi connectivity index (χ1) is 11.1. The Labute approximate surface area is 141 Å². The summed E-state index contributed by atoms with van der Waals surface area (Å²) in [6.45, 7) is 6.17. The van der Waals surface area contributed by atoms with Crippen molar-refractivity contribution in [2.45, 2.75) is 31.1 Å². The van der Waals surface area contributed by atoms with Crippen LogP contribution in [0.3, 0.4) is 0 Å². The minimum absolute atomic E-state index is 0.0546. The summed E-state index contributed by atoms with van der Waals surface area (Å²) in [6, 6.07) is 9.56. The van der Waals surface area contributed by atoms with Crippen molar-refractivity contribution >= 4 is 21.8 Å². The zero-order chi connectivity index (χ0) is 18.0. The predicted octanol–water partition coefficient (Wildman–Crippen LogP) is 2.97. The molecule has 2 aromatic rings. The Morgan fingerprint density at radius 2 is 1.71 bits per heavy atom. The number of aromatic nitrogens is 1. The van der Waals surface area contributed by atoms with Gasteiger partial charge >= 0.3 is 5.97 Å². The molecule has 0 aliphatic heterocycles.